The molecule has 2 aliphatic heterocycles. The molecule has 1 N–H and O–H groups in total. The van der Waals surface area contributed by atoms with Crippen molar-refractivity contribution in [2.75, 3.05) is 0 Å². The van der Waals surface area contributed by atoms with E-state index in [0.29, 0.717) is 17.5 Å². The summed E-state index contributed by atoms with van der Waals surface area (Å²) in [6.07, 6.45) is 0.837. The summed E-state index contributed by atoms with van der Waals surface area (Å²) in [4.78, 5) is 16.6. The molecular formula is C12H13BrN4O. The number of amides is 1. The van der Waals surface area contributed by atoms with E-state index in [4.69, 9.17) is 0 Å². The number of carbonyl (C=O) groups excluding carboxylic acids is 1. The van der Waals surface area contributed by atoms with Crippen molar-refractivity contribution in [1.29, 1.82) is 10.5 Å². The molecule has 2 rings (SSSR count). The van der Waals surface area contributed by atoms with Gasteiger partial charge in [0.25, 0.3) is 0 Å². The van der Waals surface area contributed by atoms with E-state index >= 15 is 0 Å². The third kappa shape index (κ3) is 1.14. The molecule has 0 aromatic rings. The molecule has 1 saturated heterocycles. The summed E-state index contributed by atoms with van der Waals surface area (Å²) in [6, 6.07) is 4.20. The summed E-state index contributed by atoms with van der Waals surface area (Å²) in [6.45, 7) is 3.87. The van der Waals surface area contributed by atoms with Gasteiger partial charge >= 0.3 is 0 Å². The van der Waals surface area contributed by atoms with Gasteiger partial charge in [0.05, 0.1) is 16.8 Å². The van der Waals surface area contributed by atoms with Gasteiger partial charge in [-0.3, -0.25) is 9.79 Å². The van der Waals surface area contributed by atoms with Crippen molar-refractivity contribution >= 4 is 26.5 Å². The molecule has 0 spiro atoms. The van der Waals surface area contributed by atoms with Gasteiger partial charge in [-0.05, 0) is 28.8 Å². The summed E-state index contributed by atoms with van der Waals surface area (Å²) in [5, 5.41) is 21.7. The number of carbonyl (C=O) groups is 1. The van der Waals surface area contributed by atoms with Gasteiger partial charge in [-0.25, -0.2) is 0 Å². The van der Waals surface area contributed by atoms with E-state index in [9.17, 15) is 15.3 Å². The summed E-state index contributed by atoms with van der Waals surface area (Å²) in [5.41, 5.74) is -1.94. The Morgan fingerprint density at radius 2 is 2.06 bits per heavy atom. The molecule has 0 aliphatic carbocycles. The van der Waals surface area contributed by atoms with Crippen LogP contribution in [0, 0.1) is 39.4 Å². The van der Waals surface area contributed by atoms with Crippen LogP contribution in [-0.2, 0) is 4.79 Å². The Balaban J connectivity index is 2.77. The molecule has 18 heavy (non-hydrogen) atoms. The maximum atomic E-state index is 12.3. The number of halogens is 1. The van der Waals surface area contributed by atoms with Crippen LogP contribution in [0.3, 0.4) is 0 Å². The molecule has 0 aromatic carbocycles. The van der Waals surface area contributed by atoms with Crippen LogP contribution in [0.2, 0.25) is 0 Å². The Labute approximate surface area is 114 Å². The number of nitriles is 2. The number of nitrogens with zero attached hydrogens (tertiary/aromatic N) is 3. The largest absolute Gasteiger partial charge is 0.332 e. The predicted octanol–water partition coefficient (Wildman–Crippen LogP) is 1.71. The number of aliphatic imine (C=N–C) groups is 1. The minimum absolute atomic E-state index is 0.372. The highest BCUT2D eigenvalue weighted by molar-refractivity contribution is 9.18. The molecule has 6 heteroatoms. The van der Waals surface area contributed by atoms with Crippen LogP contribution in [-0.4, -0.2) is 16.7 Å². The highest BCUT2D eigenvalue weighted by Gasteiger charge is 2.71. The molecule has 1 unspecified atom stereocenters. The number of hydrogen-bond acceptors (Lipinski definition) is 4. The zero-order valence-electron chi connectivity index (χ0n) is 10.2. The highest BCUT2D eigenvalue weighted by Crippen LogP contribution is 2.59. The van der Waals surface area contributed by atoms with Gasteiger partial charge in [-0.1, -0.05) is 13.8 Å². The first kappa shape index (κ1) is 13.0. The van der Waals surface area contributed by atoms with Crippen molar-refractivity contribution in [3.63, 3.8) is 0 Å². The topological polar surface area (TPSA) is 89.0 Å². The first-order valence-electron chi connectivity index (χ1n) is 5.89. The first-order chi connectivity index (χ1) is 8.53. The number of fused-ring (bicyclic) bond motifs is 2. The zero-order valence-corrected chi connectivity index (χ0v) is 11.8. The molecule has 0 saturated carbocycles. The molecule has 0 aromatic heterocycles. The minimum Gasteiger partial charge on any atom is -0.332 e. The Kier molecular flexibility index (Phi) is 2.95. The normalized spacial score (nSPS) is 36.3. The second-order valence-corrected chi connectivity index (χ2v) is 5.49. The van der Waals surface area contributed by atoms with Gasteiger partial charge in [-0.15, -0.1) is 0 Å². The fraction of sp³-hybridized carbons (Fsp3) is 0.667. The summed E-state index contributed by atoms with van der Waals surface area (Å²) >= 11 is 3.23. The van der Waals surface area contributed by atoms with Crippen molar-refractivity contribution in [2.45, 2.75) is 32.9 Å². The monoisotopic (exact) mass is 308 g/mol. The standard InChI is InChI=1S/C12H13BrN4O/c1-3-11(4-2)9-16-8(13)7(5-14)12(11,6-15)10(18)17-9/h7,9H,3-4H2,1-2H3,(H,17,18)/t7?,9-,12+/m1/s1. The van der Waals surface area contributed by atoms with Gasteiger partial charge in [-0.2, -0.15) is 10.5 Å². The van der Waals surface area contributed by atoms with Crippen molar-refractivity contribution in [1.82, 2.24) is 5.32 Å². The smallest absolute Gasteiger partial charge is 0.244 e. The van der Waals surface area contributed by atoms with Crippen LogP contribution in [0.25, 0.3) is 0 Å². The zero-order chi connectivity index (χ0) is 13.6. The molecule has 1 amide bonds. The Bertz CT molecular complexity index is 511. The number of hydrogen-bond donors (Lipinski definition) is 1. The lowest BCUT2D eigenvalue weighted by Gasteiger charge is -2.44. The average molecular weight is 309 g/mol. The Morgan fingerprint density at radius 1 is 1.44 bits per heavy atom. The molecular weight excluding hydrogens is 296 g/mol. The van der Waals surface area contributed by atoms with E-state index < -0.39 is 22.9 Å². The summed E-state index contributed by atoms with van der Waals surface area (Å²) < 4.78 is 0.396. The fourth-order valence-corrected chi connectivity index (χ4v) is 3.99. The van der Waals surface area contributed by atoms with Gasteiger partial charge in [0.15, 0.2) is 5.41 Å². The van der Waals surface area contributed by atoms with Crippen LogP contribution >= 0.6 is 15.9 Å². The number of nitrogens with one attached hydrogen (secondary N) is 1. The van der Waals surface area contributed by atoms with Crippen LogP contribution in [0.4, 0.5) is 0 Å². The maximum absolute atomic E-state index is 12.3. The van der Waals surface area contributed by atoms with Gasteiger partial charge in [0, 0.05) is 5.41 Å². The van der Waals surface area contributed by atoms with Crippen molar-refractivity contribution in [2.24, 2.45) is 21.7 Å². The van der Waals surface area contributed by atoms with E-state index in [0.717, 1.165) is 0 Å². The summed E-state index contributed by atoms with van der Waals surface area (Å²) in [7, 11) is 0. The quantitative estimate of drug-likeness (QED) is 0.842. The van der Waals surface area contributed by atoms with Crippen molar-refractivity contribution in [3.05, 3.63) is 0 Å². The lowest BCUT2D eigenvalue weighted by atomic mass is 9.55. The Morgan fingerprint density at radius 3 is 2.50 bits per heavy atom. The highest BCUT2D eigenvalue weighted by atomic mass is 79.9. The van der Waals surface area contributed by atoms with E-state index in [1.54, 1.807) is 0 Å². The van der Waals surface area contributed by atoms with Crippen LogP contribution in [0.15, 0.2) is 4.99 Å². The van der Waals surface area contributed by atoms with Crippen LogP contribution in [0.5, 0.6) is 0 Å². The van der Waals surface area contributed by atoms with E-state index in [1.807, 2.05) is 13.8 Å². The van der Waals surface area contributed by atoms with Gasteiger partial charge < -0.3 is 5.32 Å². The lowest BCUT2D eigenvalue weighted by molar-refractivity contribution is -0.129. The third-order valence-corrected chi connectivity index (χ3v) is 5.09. The molecule has 2 bridgehead atoms. The molecule has 1 fully saturated rings. The van der Waals surface area contributed by atoms with E-state index in [1.165, 1.54) is 0 Å². The van der Waals surface area contributed by atoms with E-state index in [-0.39, 0.29) is 5.91 Å². The van der Waals surface area contributed by atoms with Crippen LogP contribution in [0.1, 0.15) is 26.7 Å². The molecule has 5 nitrogen and oxygen atoms in total. The molecule has 2 heterocycles. The maximum Gasteiger partial charge on any atom is 0.244 e. The lowest BCUT2D eigenvalue weighted by Crippen LogP contribution is -2.53. The van der Waals surface area contributed by atoms with Gasteiger partial charge in [0.2, 0.25) is 5.91 Å². The third-order valence-electron chi connectivity index (χ3n) is 4.43. The Hall–Kier alpha value is -1.40. The minimum atomic E-state index is -1.34. The molecule has 94 valence electrons. The second-order valence-electron chi connectivity index (χ2n) is 4.67. The van der Waals surface area contributed by atoms with Crippen molar-refractivity contribution < 1.29 is 4.79 Å². The molecule has 0 radical (unpaired) electrons. The first-order valence-corrected chi connectivity index (χ1v) is 6.68. The van der Waals surface area contributed by atoms with Gasteiger partial charge in [0.1, 0.15) is 12.1 Å². The molecule has 2 aliphatic rings. The average Bonchev–Trinajstić information content (AvgIpc) is 2.53. The SMILES string of the molecule is CCC1(CC)[C@@H]2N=C(Br)C(C#N)[C@@]1(C#N)C(=O)N2. The fourth-order valence-electron chi connectivity index (χ4n) is 3.34. The second kappa shape index (κ2) is 4.07. The molecule has 3 atom stereocenters. The van der Waals surface area contributed by atoms with Crippen molar-refractivity contribution in [3.8, 4) is 12.1 Å². The van der Waals surface area contributed by atoms with Crippen LogP contribution < -0.4 is 5.32 Å². The predicted molar refractivity (Wildman–Crippen MR) is 68.5 cm³/mol. The van der Waals surface area contributed by atoms with E-state index in [2.05, 4.69) is 38.4 Å². The number of rotatable bonds is 2. The summed E-state index contributed by atoms with van der Waals surface area (Å²) in [5.74, 6) is -1.20.